The van der Waals surface area contributed by atoms with Crippen molar-refractivity contribution in [3.63, 3.8) is 0 Å². The molecule has 0 unspecified atom stereocenters. The van der Waals surface area contributed by atoms with Crippen molar-refractivity contribution in [2.45, 2.75) is 13.8 Å². The Morgan fingerprint density at radius 3 is 1.88 bits per heavy atom. The summed E-state index contributed by atoms with van der Waals surface area (Å²) in [5.41, 5.74) is 0. The van der Waals surface area contributed by atoms with E-state index in [1.54, 1.807) is 0 Å². The third-order valence-electron chi connectivity index (χ3n) is 1.97. The summed E-state index contributed by atoms with van der Waals surface area (Å²) in [4.78, 5) is 0. The Labute approximate surface area is 97.2 Å². The molecule has 86 valence electrons. The second-order valence-electron chi connectivity index (χ2n) is 3.23. The number of ether oxygens (including phenoxy) is 2. The number of allylic oxidation sites excluding steroid dienone is 2. The molecule has 0 amide bonds. The summed E-state index contributed by atoms with van der Waals surface area (Å²) in [5, 5.41) is 0. The Kier molecular flexibility index (Phi) is 5.86. The van der Waals surface area contributed by atoms with Crippen molar-refractivity contribution in [2.75, 3.05) is 13.2 Å². The molecule has 0 bridgehead atoms. The van der Waals surface area contributed by atoms with Gasteiger partial charge >= 0.3 is 0 Å². The third-order valence-corrected chi connectivity index (χ3v) is 1.97. The van der Waals surface area contributed by atoms with E-state index in [1.165, 1.54) is 0 Å². The first kappa shape index (κ1) is 12.4. The molecule has 0 aliphatic rings. The molecular formula is C14H18O2. The highest BCUT2D eigenvalue weighted by Gasteiger charge is 1.95. The molecule has 1 aromatic carbocycles. The molecule has 0 aliphatic carbocycles. The van der Waals surface area contributed by atoms with E-state index in [1.807, 2.05) is 62.4 Å². The first-order valence-corrected chi connectivity index (χ1v) is 5.44. The molecule has 0 saturated heterocycles. The van der Waals surface area contributed by atoms with Crippen molar-refractivity contribution < 1.29 is 9.47 Å². The van der Waals surface area contributed by atoms with E-state index in [-0.39, 0.29) is 0 Å². The van der Waals surface area contributed by atoms with Crippen LogP contribution >= 0.6 is 0 Å². The molecule has 0 N–H and O–H groups in total. The Hall–Kier alpha value is -1.70. The third kappa shape index (κ3) is 4.69. The number of rotatable bonds is 6. The van der Waals surface area contributed by atoms with E-state index in [0.717, 1.165) is 11.5 Å². The highest BCUT2D eigenvalue weighted by Crippen LogP contribution is 2.19. The van der Waals surface area contributed by atoms with Gasteiger partial charge in [-0.1, -0.05) is 30.4 Å². The van der Waals surface area contributed by atoms with E-state index in [0.29, 0.717) is 13.2 Å². The molecule has 0 heterocycles. The van der Waals surface area contributed by atoms with Gasteiger partial charge in [0.25, 0.3) is 0 Å². The van der Waals surface area contributed by atoms with E-state index in [4.69, 9.17) is 9.47 Å². The monoisotopic (exact) mass is 218 g/mol. The van der Waals surface area contributed by atoms with Crippen molar-refractivity contribution in [1.29, 1.82) is 0 Å². The van der Waals surface area contributed by atoms with Gasteiger partial charge in [-0.2, -0.15) is 0 Å². The van der Waals surface area contributed by atoms with Crippen LogP contribution in [0.1, 0.15) is 13.8 Å². The first-order valence-electron chi connectivity index (χ1n) is 5.44. The number of hydrogen-bond donors (Lipinski definition) is 0. The molecule has 0 radical (unpaired) electrons. The number of hydrogen-bond acceptors (Lipinski definition) is 2. The molecule has 2 heteroatoms. The van der Waals surface area contributed by atoms with Gasteiger partial charge in [0, 0.05) is 6.07 Å². The van der Waals surface area contributed by atoms with E-state index >= 15 is 0 Å². The van der Waals surface area contributed by atoms with Crippen molar-refractivity contribution in [2.24, 2.45) is 0 Å². The average molecular weight is 218 g/mol. The minimum atomic E-state index is 0.592. The molecule has 1 aromatic rings. The topological polar surface area (TPSA) is 18.5 Å². The Bertz CT molecular complexity index is 322. The summed E-state index contributed by atoms with van der Waals surface area (Å²) in [5.74, 6) is 1.66. The van der Waals surface area contributed by atoms with E-state index in [9.17, 15) is 0 Å². The van der Waals surface area contributed by atoms with Gasteiger partial charge in [0.1, 0.15) is 24.7 Å². The molecule has 0 atom stereocenters. The highest BCUT2D eigenvalue weighted by molar-refractivity contribution is 5.33. The molecule has 16 heavy (non-hydrogen) atoms. The lowest BCUT2D eigenvalue weighted by Crippen LogP contribution is -1.96. The van der Waals surface area contributed by atoms with E-state index in [2.05, 4.69) is 0 Å². The quantitative estimate of drug-likeness (QED) is 0.679. The lowest BCUT2D eigenvalue weighted by atomic mass is 10.3. The standard InChI is InChI=1S/C14H18O2/c1-3-5-10-15-13-8-7-9-14(12-13)16-11-6-4-2/h3-9,12H,10-11H2,1-2H3. The van der Waals surface area contributed by atoms with Crippen molar-refractivity contribution in [3.8, 4) is 11.5 Å². The van der Waals surface area contributed by atoms with Gasteiger partial charge in [-0.05, 0) is 26.0 Å². The molecule has 1 rings (SSSR count). The normalized spacial score (nSPS) is 11.1. The van der Waals surface area contributed by atoms with E-state index < -0.39 is 0 Å². The maximum Gasteiger partial charge on any atom is 0.123 e. The van der Waals surface area contributed by atoms with Gasteiger partial charge in [-0.15, -0.1) is 0 Å². The predicted octanol–water partition coefficient (Wildman–Crippen LogP) is 3.60. The lowest BCUT2D eigenvalue weighted by molar-refractivity contribution is 0.344. The van der Waals surface area contributed by atoms with Gasteiger partial charge in [-0.3, -0.25) is 0 Å². The second kappa shape index (κ2) is 7.57. The minimum absolute atomic E-state index is 0.592. The van der Waals surface area contributed by atoms with Gasteiger partial charge in [0.2, 0.25) is 0 Å². The van der Waals surface area contributed by atoms with Crippen LogP contribution in [-0.4, -0.2) is 13.2 Å². The Morgan fingerprint density at radius 2 is 1.44 bits per heavy atom. The fourth-order valence-electron chi connectivity index (χ4n) is 1.13. The fourth-order valence-corrected chi connectivity index (χ4v) is 1.13. The summed E-state index contributed by atoms with van der Waals surface area (Å²) >= 11 is 0. The van der Waals surface area contributed by atoms with Crippen LogP contribution in [0.15, 0.2) is 48.6 Å². The number of benzene rings is 1. The van der Waals surface area contributed by atoms with Crippen LogP contribution in [-0.2, 0) is 0 Å². The molecule has 0 spiro atoms. The van der Waals surface area contributed by atoms with Crippen molar-refractivity contribution in [3.05, 3.63) is 48.6 Å². The first-order chi connectivity index (χ1) is 7.86. The van der Waals surface area contributed by atoms with Crippen LogP contribution in [0.4, 0.5) is 0 Å². The van der Waals surface area contributed by atoms with Crippen LogP contribution in [0.2, 0.25) is 0 Å². The summed E-state index contributed by atoms with van der Waals surface area (Å²) in [6, 6.07) is 7.67. The van der Waals surface area contributed by atoms with Crippen LogP contribution in [0.5, 0.6) is 11.5 Å². The van der Waals surface area contributed by atoms with Gasteiger partial charge < -0.3 is 9.47 Å². The van der Waals surface area contributed by atoms with Gasteiger partial charge in [0.05, 0.1) is 0 Å². The molecule has 0 saturated carbocycles. The average Bonchev–Trinajstić information content (AvgIpc) is 2.30. The molecular weight excluding hydrogens is 200 g/mol. The van der Waals surface area contributed by atoms with Crippen LogP contribution < -0.4 is 9.47 Å². The zero-order valence-corrected chi connectivity index (χ0v) is 9.85. The lowest BCUT2D eigenvalue weighted by Gasteiger charge is -2.06. The summed E-state index contributed by atoms with van der Waals surface area (Å²) in [6.07, 6.45) is 7.86. The highest BCUT2D eigenvalue weighted by atomic mass is 16.5. The van der Waals surface area contributed by atoms with Crippen LogP contribution in [0.3, 0.4) is 0 Å². The van der Waals surface area contributed by atoms with Crippen molar-refractivity contribution in [1.82, 2.24) is 0 Å². The largest absolute Gasteiger partial charge is 0.489 e. The Morgan fingerprint density at radius 1 is 0.938 bits per heavy atom. The zero-order chi connectivity index (χ0) is 11.6. The molecule has 2 nitrogen and oxygen atoms in total. The Balaban J connectivity index is 2.49. The molecule has 0 fully saturated rings. The van der Waals surface area contributed by atoms with Crippen LogP contribution in [0, 0.1) is 0 Å². The maximum absolute atomic E-state index is 5.51. The summed E-state index contributed by atoms with van der Waals surface area (Å²) in [6.45, 7) is 5.13. The predicted molar refractivity (Wildman–Crippen MR) is 67.1 cm³/mol. The summed E-state index contributed by atoms with van der Waals surface area (Å²) < 4.78 is 11.0. The second-order valence-corrected chi connectivity index (χ2v) is 3.23. The SMILES string of the molecule is CC=CCOc1cccc(OCC=CC)c1. The summed E-state index contributed by atoms with van der Waals surface area (Å²) in [7, 11) is 0. The van der Waals surface area contributed by atoms with Crippen LogP contribution in [0.25, 0.3) is 0 Å². The smallest absolute Gasteiger partial charge is 0.123 e. The maximum atomic E-state index is 5.51. The zero-order valence-electron chi connectivity index (χ0n) is 9.85. The van der Waals surface area contributed by atoms with Gasteiger partial charge in [0.15, 0.2) is 0 Å². The fraction of sp³-hybridized carbons (Fsp3) is 0.286. The minimum Gasteiger partial charge on any atom is -0.489 e. The van der Waals surface area contributed by atoms with Gasteiger partial charge in [-0.25, -0.2) is 0 Å². The van der Waals surface area contributed by atoms with Crippen molar-refractivity contribution >= 4 is 0 Å². The molecule has 0 aliphatic heterocycles. The molecule has 0 aromatic heterocycles.